The standard InChI is InChI=1S/C17H25ClN2O3.ClH/c1-4-5-8-23-16-14(18)9-13(10-15(16)22-3)17(21)20-7-6-19-11-12(20)2;/h9-10,12,19H,4-8,11H2,1-3H3;1H. The minimum absolute atomic E-state index is 0. The van der Waals surface area contributed by atoms with Crippen LogP contribution in [0.4, 0.5) is 0 Å². The number of benzene rings is 1. The van der Waals surface area contributed by atoms with Gasteiger partial charge in [-0.25, -0.2) is 0 Å². The molecule has 1 N–H and O–H groups in total. The molecule has 2 rings (SSSR count). The average Bonchev–Trinajstić information content (AvgIpc) is 2.56. The summed E-state index contributed by atoms with van der Waals surface area (Å²) in [4.78, 5) is 14.6. The molecule has 5 nitrogen and oxygen atoms in total. The van der Waals surface area contributed by atoms with Crippen LogP contribution in [0.25, 0.3) is 0 Å². The highest BCUT2D eigenvalue weighted by Crippen LogP contribution is 2.37. The molecule has 1 aromatic carbocycles. The van der Waals surface area contributed by atoms with Gasteiger partial charge in [0.2, 0.25) is 0 Å². The second-order valence-electron chi connectivity index (χ2n) is 5.74. The monoisotopic (exact) mass is 376 g/mol. The van der Waals surface area contributed by atoms with E-state index in [9.17, 15) is 4.79 Å². The molecule has 0 aliphatic carbocycles. The topological polar surface area (TPSA) is 50.8 Å². The molecule has 0 bridgehead atoms. The van der Waals surface area contributed by atoms with Gasteiger partial charge < -0.3 is 19.7 Å². The van der Waals surface area contributed by atoms with Crippen molar-refractivity contribution >= 4 is 29.9 Å². The molecule has 1 aromatic rings. The number of halogens is 2. The van der Waals surface area contributed by atoms with Crippen LogP contribution in [0.15, 0.2) is 12.1 Å². The number of carbonyl (C=O) groups is 1. The Hall–Kier alpha value is -1.17. The summed E-state index contributed by atoms with van der Waals surface area (Å²) in [6.45, 7) is 7.00. The van der Waals surface area contributed by atoms with Crippen molar-refractivity contribution in [2.24, 2.45) is 0 Å². The fourth-order valence-corrected chi connectivity index (χ4v) is 2.88. The van der Waals surface area contributed by atoms with E-state index in [1.807, 2.05) is 11.8 Å². The molecule has 1 unspecified atom stereocenters. The summed E-state index contributed by atoms with van der Waals surface area (Å²) in [5.74, 6) is 0.978. The van der Waals surface area contributed by atoms with Gasteiger partial charge in [0.05, 0.1) is 18.7 Å². The molecule has 1 heterocycles. The number of hydrogen-bond acceptors (Lipinski definition) is 4. The zero-order valence-electron chi connectivity index (χ0n) is 14.4. The van der Waals surface area contributed by atoms with E-state index in [0.29, 0.717) is 35.2 Å². The van der Waals surface area contributed by atoms with Crippen molar-refractivity contribution in [2.45, 2.75) is 32.7 Å². The van der Waals surface area contributed by atoms with E-state index in [-0.39, 0.29) is 24.4 Å². The average molecular weight is 377 g/mol. The van der Waals surface area contributed by atoms with E-state index >= 15 is 0 Å². The minimum atomic E-state index is -0.0284. The summed E-state index contributed by atoms with van der Waals surface area (Å²) in [7, 11) is 1.56. The highest BCUT2D eigenvalue weighted by atomic mass is 35.5. The molecule has 1 atom stereocenters. The van der Waals surface area contributed by atoms with Gasteiger partial charge in [0, 0.05) is 31.2 Å². The van der Waals surface area contributed by atoms with Gasteiger partial charge in [0.15, 0.2) is 11.5 Å². The molecule has 1 amide bonds. The molecule has 7 heteroatoms. The van der Waals surface area contributed by atoms with E-state index in [2.05, 4.69) is 12.2 Å². The van der Waals surface area contributed by atoms with Gasteiger partial charge in [-0.1, -0.05) is 24.9 Å². The number of ether oxygens (including phenoxy) is 2. The maximum absolute atomic E-state index is 12.7. The van der Waals surface area contributed by atoms with Crippen LogP contribution < -0.4 is 14.8 Å². The third kappa shape index (κ3) is 4.91. The number of unbranched alkanes of at least 4 members (excludes halogenated alkanes) is 1. The van der Waals surface area contributed by atoms with E-state index in [0.717, 1.165) is 25.9 Å². The first-order valence-electron chi connectivity index (χ1n) is 8.10. The first-order valence-corrected chi connectivity index (χ1v) is 8.48. The van der Waals surface area contributed by atoms with E-state index in [1.54, 1.807) is 19.2 Å². The van der Waals surface area contributed by atoms with Gasteiger partial charge >= 0.3 is 0 Å². The van der Waals surface area contributed by atoms with Crippen LogP contribution in [0.5, 0.6) is 11.5 Å². The molecular formula is C17H26Cl2N2O3. The van der Waals surface area contributed by atoms with Crippen molar-refractivity contribution < 1.29 is 14.3 Å². The third-order valence-corrected chi connectivity index (χ3v) is 4.26. The first-order chi connectivity index (χ1) is 11.1. The Morgan fingerprint density at radius 1 is 1.46 bits per heavy atom. The van der Waals surface area contributed by atoms with Gasteiger partial charge in [0.25, 0.3) is 5.91 Å². The summed E-state index contributed by atoms with van der Waals surface area (Å²) in [6.07, 6.45) is 1.98. The van der Waals surface area contributed by atoms with Crippen LogP contribution in [0.3, 0.4) is 0 Å². The zero-order chi connectivity index (χ0) is 16.8. The second-order valence-corrected chi connectivity index (χ2v) is 6.15. The van der Waals surface area contributed by atoms with Crippen LogP contribution in [0, 0.1) is 0 Å². The normalized spacial score (nSPS) is 17.2. The van der Waals surface area contributed by atoms with Crippen molar-refractivity contribution in [3.05, 3.63) is 22.7 Å². The van der Waals surface area contributed by atoms with Crippen molar-refractivity contribution in [3.63, 3.8) is 0 Å². The number of methoxy groups -OCH3 is 1. The minimum Gasteiger partial charge on any atom is -0.493 e. The van der Waals surface area contributed by atoms with Crippen molar-refractivity contribution in [2.75, 3.05) is 33.4 Å². The second kappa shape index (κ2) is 9.97. The summed E-state index contributed by atoms with van der Waals surface area (Å²) in [5, 5.41) is 3.69. The number of hydrogen-bond donors (Lipinski definition) is 1. The Morgan fingerprint density at radius 3 is 2.83 bits per heavy atom. The largest absolute Gasteiger partial charge is 0.493 e. The van der Waals surface area contributed by atoms with Gasteiger partial charge in [-0.2, -0.15) is 0 Å². The van der Waals surface area contributed by atoms with Gasteiger partial charge in [-0.15, -0.1) is 12.4 Å². The Labute approximate surface area is 155 Å². The van der Waals surface area contributed by atoms with Crippen molar-refractivity contribution in [3.8, 4) is 11.5 Å². The fourth-order valence-electron chi connectivity index (χ4n) is 2.61. The highest BCUT2D eigenvalue weighted by molar-refractivity contribution is 6.32. The van der Waals surface area contributed by atoms with Crippen molar-refractivity contribution in [1.29, 1.82) is 0 Å². The van der Waals surface area contributed by atoms with E-state index < -0.39 is 0 Å². The number of amides is 1. The SMILES string of the molecule is CCCCOc1c(Cl)cc(C(=O)N2CCNCC2C)cc1OC.Cl. The first kappa shape index (κ1) is 20.9. The Balaban J connectivity index is 0.00000288. The number of rotatable bonds is 6. The molecule has 1 aliphatic rings. The zero-order valence-corrected chi connectivity index (χ0v) is 16.0. The van der Waals surface area contributed by atoms with Crippen LogP contribution in [-0.4, -0.2) is 50.2 Å². The van der Waals surface area contributed by atoms with Crippen LogP contribution in [0.2, 0.25) is 5.02 Å². The molecule has 0 radical (unpaired) electrons. The summed E-state index contributed by atoms with van der Waals surface area (Å²) in [5.41, 5.74) is 0.531. The lowest BCUT2D eigenvalue weighted by Gasteiger charge is -2.34. The third-order valence-electron chi connectivity index (χ3n) is 3.98. The molecule has 0 saturated carbocycles. The molecule has 1 aliphatic heterocycles. The molecule has 0 spiro atoms. The lowest BCUT2D eigenvalue weighted by molar-refractivity contribution is 0.0655. The van der Waals surface area contributed by atoms with Crippen LogP contribution >= 0.6 is 24.0 Å². The Kier molecular flexibility index (Phi) is 8.67. The van der Waals surface area contributed by atoms with Crippen molar-refractivity contribution in [1.82, 2.24) is 10.2 Å². The fraction of sp³-hybridized carbons (Fsp3) is 0.588. The Bertz CT molecular complexity index is 555. The summed E-state index contributed by atoms with van der Waals surface area (Å²) in [6, 6.07) is 3.54. The lowest BCUT2D eigenvalue weighted by Crippen LogP contribution is -2.52. The Morgan fingerprint density at radius 2 is 2.21 bits per heavy atom. The predicted molar refractivity (Wildman–Crippen MR) is 99.0 cm³/mol. The van der Waals surface area contributed by atoms with Crippen LogP contribution in [0.1, 0.15) is 37.0 Å². The number of piperazine rings is 1. The quantitative estimate of drug-likeness (QED) is 0.773. The van der Waals surface area contributed by atoms with Gasteiger partial charge in [-0.05, 0) is 25.5 Å². The molecule has 1 fully saturated rings. The summed E-state index contributed by atoms with van der Waals surface area (Å²) >= 11 is 6.32. The predicted octanol–water partition coefficient (Wildman–Crippen LogP) is 3.38. The molecule has 0 aromatic heterocycles. The molecular weight excluding hydrogens is 351 g/mol. The highest BCUT2D eigenvalue weighted by Gasteiger charge is 2.25. The molecule has 24 heavy (non-hydrogen) atoms. The van der Waals surface area contributed by atoms with E-state index in [4.69, 9.17) is 21.1 Å². The maximum Gasteiger partial charge on any atom is 0.254 e. The van der Waals surface area contributed by atoms with Gasteiger partial charge in [0.1, 0.15) is 0 Å². The molecule has 136 valence electrons. The number of nitrogens with one attached hydrogen (secondary N) is 1. The smallest absolute Gasteiger partial charge is 0.254 e. The number of carbonyl (C=O) groups excluding carboxylic acids is 1. The van der Waals surface area contributed by atoms with Gasteiger partial charge in [-0.3, -0.25) is 4.79 Å². The molecule has 1 saturated heterocycles. The lowest BCUT2D eigenvalue weighted by atomic mass is 10.1. The van der Waals surface area contributed by atoms with E-state index in [1.165, 1.54) is 0 Å². The number of nitrogens with zero attached hydrogens (tertiary/aromatic N) is 1. The maximum atomic E-state index is 12.7. The van der Waals surface area contributed by atoms with Crippen LogP contribution in [-0.2, 0) is 0 Å². The summed E-state index contributed by atoms with van der Waals surface area (Å²) < 4.78 is 11.1.